The van der Waals surface area contributed by atoms with Crippen molar-refractivity contribution in [1.82, 2.24) is 15.0 Å². The minimum Gasteiger partial charge on any atom is -0.463 e. The maximum atomic E-state index is 5.85. The van der Waals surface area contributed by atoms with Gasteiger partial charge in [-0.1, -0.05) is 20.3 Å². The standard InChI is InChI=1S/C13H22N4O2/c1-3-8-18-12-15-11(14)16-13(17-12)19-10-7-5-4-6-9(10)2/h9-10H,3-8H2,1-2H3,(H2,14,15,16,17). The lowest BCUT2D eigenvalue weighted by Crippen LogP contribution is -2.29. The van der Waals surface area contributed by atoms with Gasteiger partial charge in [-0.05, 0) is 31.6 Å². The number of hydrogen-bond donors (Lipinski definition) is 1. The van der Waals surface area contributed by atoms with Gasteiger partial charge in [0.1, 0.15) is 6.10 Å². The lowest BCUT2D eigenvalue weighted by atomic mass is 9.88. The zero-order chi connectivity index (χ0) is 13.7. The average molecular weight is 266 g/mol. The third kappa shape index (κ3) is 3.94. The number of ether oxygens (including phenoxy) is 2. The second-order valence-corrected chi connectivity index (χ2v) is 5.03. The summed E-state index contributed by atoms with van der Waals surface area (Å²) in [5.41, 5.74) is 5.65. The van der Waals surface area contributed by atoms with Crippen molar-refractivity contribution >= 4 is 5.95 Å². The highest BCUT2D eigenvalue weighted by Gasteiger charge is 2.24. The normalized spacial score (nSPS) is 23.1. The monoisotopic (exact) mass is 266 g/mol. The summed E-state index contributed by atoms with van der Waals surface area (Å²) in [6, 6.07) is 0.519. The van der Waals surface area contributed by atoms with E-state index in [0.29, 0.717) is 12.5 Å². The molecule has 1 aromatic rings. The van der Waals surface area contributed by atoms with Gasteiger partial charge in [0.25, 0.3) is 0 Å². The molecule has 2 N–H and O–H groups in total. The Kier molecular flexibility index (Phi) is 4.76. The molecule has 6 heteroatoms. The molecule has 19 heavy (non-hydrogen) atoms. The molecular weight excluding hydrogens is 244 g/mol. The number of hydrogen-bond acceptors (Lipinski definition) is 6. The molecular formula is C13H22N4O2. The average Bonchev–Trinajstić information content (AvgIpc) is 2.38. The number of rotatable bonds is 5. The lowest BCUT2D eigenvalue weighted by Gasteiger charge is -2.28. The smallest absolute Gasteiger partial charge is 0.324 e. The molecule has 6 nitrogen and oxygen atoms in total. The second kappa shape index (κ2) is 6.54. The van der Waals surface area contributed by atoms with Crippen molar-refractivity contribution in [2.24, 2.45) is 5.92 Å². The van der Waals surface area contributed by atoms with Gasteiger partial charge in [-0.25, -0.2) is 0 Å². The summed E-state index contributed by atoms with van der Waals surface area (Å²) in [4.78, 5) is 12.1. The molecule has 2 atom stereocenters. The van der Waals surface area contributed by atoms with Gasteiger partial charge >= 0.3 is 12.0 Å². The summed E-state index contributed by atoms with van der Waals surface area (Å²) in [7, 11) is 0. The van der Waals surface area contributed by atoms with Crippen molar-refractivity contribution in [1.29, 1.82) is 0 Å². The molecule has 0 saturated heterocycles. The minimum absolute atomic E-state index is 0.138. The molecule has 1 aliphatic rings. The van der Waals surface area contributed by atoms with Crippen LogP contribution in [0.5, 0.6) is 12.0 Å². The first-order chi connectivity index (χ1) is 9.19. The predicted molar refractivity (Wildman–Crippen MR) is 72.1 cm³/mol. The fourth-order valence-electron chi connectivity index (χ4n) is 2.26. The Morgan fingerprint density at radius 3 is 2.63 bits per heavy atom. The van der Waals surface area contributed by atoms with E-state index in [9.17, 15) is 0 Å². The third-order valence-corrected chi connectivity index (χ3v) is 3.34. The third-order valence-electron chi connectivity index (χ3n) is 3.34. The zero-order valence-corrected chi connectivity index (χ0v) is 11.6. The molecule has 1 aliphatic carbocycles. The fraction of sp³-hybridized carbons (Fsp3) is 0.769. The van der Waals surface area contributed by atoms with E-state index in [-0.39, 0.29) is 24.1 Å². The summed E-state index contributed by atoms with van der Waals surface area (Å²) in [5, 5.41) is 0. The van der Waals surface area contributed by atoms with Crippen LogP contribution in [0, 0.1) is 5.92 Å². The van der Waals surface area contributed by atoms with E-state index in [0.717, 1.165) is 12.8 Å². The highest BCUT2D eigenvalue weighted by atomic mass is 16.5. The van der Waals surface area contributed by atoms with Crippen LogP contribution >= 0.6 is 0 Å². The Hall–Kier alpha value is -1.59. The van der Waals surface area contributed by atoms with Crippen LogP contribution in [0.4, 0.5) is 5.95 Å². The van der Waals surface area contributed by atoms with Gasteiger partial charge in [0, 0.05) is 0 Å². The topological polar surface area (TPSA) is 83.2 Å². The van der Waals surface area contributed by atoms with Crippen molar-refractivity contribution < 1.29 is 9.47 Å². The SMILES string of the molecule is CCCOc1nc(N)nc(OC2CCCCC2C)n1. The Morgan fingerprint density at radius 2 is 1.89 bits per heavy atom. The van der Waals surface area contributed by atoms with Gasteiger partial charge in [0.05, 0.1) is 6.61 Å². The van der Waals surface area contributed by atoms with Crippen molar-refractivity contribution in [3.05, 3.63) is 0 Å². The molecule has 106 valence electrons. The van der Waals surface area contributed by atoms with Gasteiger partial charge in [0.15, 0.2) is 0 Å². The van der Waals surface area contributed by atoms with Gasteiger partial charge in [-0.15, -0.1) is 4.98 Å². The number of nitrogen functional groups attached to an aromatic ring is 1. The van der Waals surface area contributed by atoms with Gasteiger partial charge < -0.3 is 15.2 Å². The van der Waals surface area contributed by atoms with Crippen LogP contribution in [-0.2, 0) is 0 Å². The van der Waals surface area contributed by atoms with Crippen molar-refractivity contribution in [2.75, 3.05) is 12.3 Å². The summed E-state index contributed by atoms with van der Waals surface area (Å²) in [6.07, 6.45) is 5.73. The molecule has 0 bridgehead atoms. The number of nitrogens with zero attached hydrogens (tertiary/aromatic N) is 3. The number of anilines is 1. The molecule has 1 heterocycles. The second-order valence-electron chi connectivity index (χ2n) is 5.03. The Bertz CT molecular complexity index is 414. The van der Waals surface area contributed by atoms with E-state index in [2.05, 4.69) is 21.9 Å². The largest absolute Gasteiger partial charge is 0.463 e. The Balaban J connectivity index is 2.04. The molecule has 2 rings (SSSR count). The van der Waals surface area contributed by atoms with Crippen molar-refractivity contribution in [3.8, 4) is 12.0 Å². The van der Waals surface area contributed by atoms with Gasteiger partial charge in [-0.3, -0.25) is 0 Å². The first-order valence-electron chi connectivity index (χ1n) is 7.00. The highest BCUT2D eigenvalue weighted by Crippen LogP contribution is 2.27. The Morgan fingerprint density at radius 1 is 1.16 bits per heavy atom. The first-order valence-corrected chi connectivity index (χ1v) is 7.00. The summed E-state index contributed by atoms with van der Waals surface area (Å²) < 4.78 is 11.2. The van der Waals surface area contributed by atoms with Crippen LogP contribution in [0.15, 0.2) is 0 Å². The molecule has 2 unspecified atom stereocenters. The van der Waals surface area contributed by atoms with E-state index < -0.39 is 0 Å². The van der Waals surface area contributed by atoms with Crippen molar-refractivity contribution in [3.63, 3.8) is 0 Å². The maximum absolute atomic E-state index is 5.85. The first kappa shape index (κ1) is 13.8. The van der Waals surface area contributed by atoms with Crippen LogP contribution < -0.4 is 15.2 Å². The molecule has 0 amide bonds. The van der Waals surface area contributed by atoms with Crippen LogP contribution in [0.1, 0.15) is 46.0 Å². The quantitative estimate of drug-likeness (QED) is 0.879. The predicted octanol–water partition coefficient (Wildman–Crippen LogP) is 2.20. The summed E-state index contributed by atoms with van der Waals surface area (Å²) >= 11 is 0. The van der Waals surface area contributed by atoms with Crippen LogP contribution in [0.2, 0.25) is 0 Å². The Labute approximate surface area is 113 Å². The summed E-state index contributed by atoms with van der Waals surface area (Å²) in [5.74, 6) is 0.659. The van der Waals surface area contributed by atoms with E-state index in [1.165, 1.54) is 19.3 Å². The van der Waals surface area contributed by atoms with Crippen LogP contribution in [-0.4, -0.2) is 27.7 Å². The zero-order valence-electron chi connectivity index (χ0n) is 11.6. The molecule has 1 saturated carbocycles. The highest BCUT2D eigenvalue weighted by molar-refractivity contribution is 5.20. The maximum Gasteiger partial charge on any atom is 0.324 e. The van der Waals surface area contributed by atoms with E-state index in [4.69, 9.17) is 15.2 Å². The van der Waals surface area contributed by atoms with E-state index >= 15 is 0 Å². The summed E-state index contributed by atoms with van der Waals surface area (Å²) in [6.45, 7) is 4.78. The molecule has 0 radical (unpaired) electrons. The van der Waals surface area contributed by atoms with Crippen LogP contribution in [0.25, 0.3) is 0 Å². The minimum atomic E-state index is 0.138. The van der Waals surface area contributed by atoms with Crippen molar-refractivity contribution in [2.45, 2.75) is 52.1 Å². The molecule has 1 fully saturated rings. The van der Waals surface area contributed by atoms with Gasteiger partial charge in [-0.2, -0.15) is 9.97 Å². The lowest BCUT2D eigenvalue weighted by molar-refractivity contribution is 0.0908. The van der Waals surface area contributed by atoms with Gasteiger partial charge in [0.2, 0.25) is 5.95 Å². The number of aromatic nitrogens is 3. The molecule has 1 aromatic heterocycles. The molecule has 0 aromatic carbocycles. The number of nitrogens with two attached hydrogens (primary N) is 1. The van der Waals surface area contributed by atoms with E-state index in [1.807, 2.05) is 6.92 Å². The molecule has 0 spiro atoms. The van der Waals surface area contributed by atoms with Crippen LogP contribution in [0.3, 0.4) is 0 Å². The van der Waals surface area contributed by atoms with E-state index in [1.54, 1.807) is 0 Å². The fourth-order valence-corrected chi connectivity index (χ4v) is 2.26. The molecule has 0 aliphatic heterocycles.